The van der Waals surface area contributed by atoms with Gasteiger partial charge < -0.3 is 10.4 Å². The predicted molar refractivity (Wildman–Crippen MR) is 76.3 cm³/mol. The highest BCUT2D eigenvalue weighted by Crippen LogP contribution is 2.14. The normalized spacial score (nSPS) is 13.2. The van der Waals surface area contributed by atoms with E-state index in [-0.39, 0.29) is 18.4 Å². The second-order valence-corrected chi connectivity index (χ2v) is 6.18. The van der Waals surface area contributed by atoms with Crippen LogP contribution in [0.4, 0.5) is 0 Å². The molecule has 1 rings (SSSR count). The highest BCUT2D eigenvalue weighted by atomic mass is 79.9. The van der Waals surface area contributed by atoms with E-state index >= 15 is 0 Å². The second-order valence-electron chi connectivity index (χ2n) is 5.26. The Hall–Kier alpha value is -0.870. The molecule has 0 aliphatic heterocycles. The summed E-state index contributed by atoms with van der Waals surface area (Å²) in [6, 6.07) is 7.95. The summed E-state index contributed by atoms with van der Waals surface area (Å²) in [4.78, 5) is 12.0. The SMILES string of the molecule is CC(Cc1ccc(Br)cc1)C(=O)NC(C)(C)CO. The largest absolute Gasteiger partial charge is 0.394 e. The van der Waals surface area contributed by atoms with Crippen molar-refractivity contribution in [2.45, 2.75) is 32.7 Å². The summed E-state index contributed by atoms with van der Waals surface area (Å²) in [5.74, 6) is -0.144. The average molecular weight is 314 g/mol. The van der Waals surface area contributed by atoms with Crippen molar-refractivity contribution in [2.75, 3.05) is 6.61 Å². The highest BCUT2D eigenvalue weighted by Gasteiger charge is 2.22. The Morgan fingerprint density at radius 1 is 1.39 bits per heavy atom. The van der Waals surface area contributed by atoms with Crippen molar-refractivity contribution in [3.05, 3.63) is 34.3 Å². The lowest BCUT2D eigenvalue weighted by Gasteiger charge is -2.25. The van der Waals surface area contributed by atoms with Gasteiger partial charge in [0.1, 0.15) is 0 Å². The zero-order valence-electron chi connectivity index (χ0n) is 11.0. The Kier molecular flexibility index (Phi) is 5.35. The van der Waals surface area contributed by atoms with Crippen LogP contribution in [0.25, 0.3) is 0 Å². The smallest absolute Gasteiger partial charge is 0.223 e. The lowest BCUT2D eigenvalue weighted by Crippen LogP contribution is -2.48. The first kappa shape index (κ1) is 15.2. The summed E-state index contributed by atoms with van der Waals surface area (Å²) in [5.41, 5.74) is 0.563. The van der Waals surface area contributed by atoms with Crippen LogP contribution >= 0.6 is 15.9 Å². The van der Waals surface area contributed by atoms with Gasteiger partial charge in [0.2, 0.25) is 5.91 Å². The minimum Gasteiger partial charge on any atom is -0.394 e. The van der Waals surface area contributed by atoms with Crippen LogP contribution in [0.3, 0.4) is 0 Å². The fraction of sp³-hybridized carbons (Fsp3) is 0.500. The van der Waals surface area contributed by atoms with Crippen LogP contribution in [-0.4, -0.2) is 23.2 Å². The fourth-order valence-electron chi connectivity index (χ4n) is 1.56. The third-order valence-electron chi connectivity index (χ3n) is 2.76. The van der Waals surface area contributed by atoms with Crippen molar-refractivity contribution in [1.29, 1.82) is 0 Å². The van der Waals surface area contributed by atoms with Gasteiger partial charge in [-0.25, -0.2) is 0 Å². The fourth-order valence-corrected chi connectivity index (χ4v) is 1.83. The molecule has 0 aliphatic carbocycles. The zero-order chi connectivity index (χ0) is 13.8. The molecule has 100 valence electrons. The highest BCUT2D eigenvalue weighted by molar-refractivity contribution is 9.10. The zero-order valence-corrected chi connectivity index (χ0v) is 12.6. The minimum absolute atomic E-state index is 0.0306. The molecule has 0 spiro atoms. The van der Waals surface area contributed by atoms with Gasteiger partial charge in [0.25, 0.3) is 0 Å². The van der Waals surface area contributed by atoms with Gasteiger partial charge in [-0.05, 0) is 38.0 Å². The summed E-state index contributed by atoms with van der Waals surface area (Å²) < 4.78 is 1.03. The number of halogens is 1. The summed E-state index contributed by atoms with van der Waals surface area (Å²) >= 11 is 3.38. The summed E-state index contributed by atoms with van der Waals surface area (Å²) in [6.45, 7) is 5.43. The monoisotopic (exact) mass is 313 g/mol. The summed E-state index contributed by atoms with van der Waals surface area (Å²) in [6.07, 6.45) is 0.695. The molecule has 0 heterocycles. The van der Waals surface area contributed by atoms with E-state index in [0.29, 0.717) is 6.42 Å². The molecular weight excluding hydrogens is 294 g/mol. The lowest BCUT2D eigenvalue weighted by atomic mass is 9.98. The van der Waals surface area contributed by atoms with Gasteiger partial charge in [-0.15, -0.1) is 0 Å². The first-order valence-electron chi connectivity index (χ1n) is 6.01. The van der Waals surface area contributed by atoms with Crippen molar-refractivity contribution in [3.8, 4) is 0 Å². The van der Waals surface area contributed by atoms with Crippen LogP contribution in [0.5, 0.6) is 0 Å². The Morgan fingerprint density at radius 3 is 2.44 bits per heavy atom. The van der Waals surface area contributed by atoms with Crippen molar-refractivity contribution < 1.29 is 9.90 Å². The van der Waals surface area contributed by atoms with Gasteiger partial charge in [0, 0.05) is 10.4 Å². The Balaban J connectivity index is 2.57. The molecule has 0 bridgehead atoms. The van der Waals surface area contributed by atoms with E-state index in [0.717, 1.165) is 10.0 Å². The number of carbonyl (C=O) groups excluding carboxylic acids is 1. The molecule has 1 amide bonds. The molecule has 18 heavy (non-hydrogen) atoms. The van der Waals surface area contributed by atoms with Crippen LogP contribution in [0.2, 0.25) is 0 Å². The molecular formula is C14H20BrNO2. The standard InChI is InChI=1S/C14H20BrNO2/c1-10(13(18)16-14(2,3)9-17)8-11-4-6-12(15)7-5-11/h4-7,10,17H,8-9H2,1-3H3,(H,16,18). The number of aliphatic hydroxyl groups excluding tert-OH is 1. The minimum atomic E-state index is -0.564. The topological polar surface area (TPSA) is 49.3 Å². The van der Waals surface area contributed by atoms with E-state index in [2.05, 4.69) is 21.2 Å². The molecule has 0 saturated heterocycles. The van der Waals surface area contributed by atoms with Gasteiger partial charge in [0.05, 0.1) is 12.1 Å². The van der Waals surface area contributed by atoms with E-state index in [4.69, 9.17) is 5.11 Å². The predicted octanol–water partition coefficient (Wildman–Crippen LogP) is 2.51. The Bertz CT molecular complexity index is 401. The molecule has 3 nitrogen and oxygen atoms in total. The van der Waals surface area contributed by atoms with E-state index < -0.39 is 5.54 Å². The number of rotatable bonds is 5. The summed E-state index contributed by atoms with van der Waals surface area (Å²) in [5, 5.41) is 12.0. The lowest BCUT2D eigenvalue weighted by molar-refractivity contribution is -0.126. The van der Waals surface area contributed by atoms with Gasteiger partial charge in [-0.1, -0.05) is 35.0 Å². The molecule has 2 N–H and O–H groups in total. The van der Waals surface area contributed by atoms with Gasteiger partial charge in [-0.2, -0.15) is 0 Å². The molecule has 0 aliphatic rings. The van der Waals surface area contributed by atoms with Crippen LogP contribution in [0.15, 0.2) is 28.7 Å². The molecule has 0 radical (unpaired) electrons. The summed E-state index contributed by atoms with van der Waals surface area (Å²) in [7, 11) is 0. The number of aliphatic hydroxyl groups is 1. The second kappa shape index (κ2) is 6.34. The third kappa shape index (κ3) is 4.78. The van der Waals surface area contributed by atoms with Gasteiger partial charge in [-0.3, -0.25) is 4.79 Å². The maximum absolute atomic E-state index is 12.0. The van der Waals surface area contributed by atoms with E-state index in [1.54, 1.807) is 13.8 Å². The molecule has 1 unspecified atom stereocenters. The van der Waals surface area contributed by atoms with Gasteiger partial charge >= 0.3 is 0 Å². The number of benzene rings is 1. The van der Waals surface area contributed by atoms with E-state index in [9.17, 15) is 4.79 Å². The maximum Gasteiger partial charge on any atom is 0.223 e. The maximum atomic E-state index is 12.0. The Labute approximate surface area is 117 Å². The number of carbonyl (C=O) groups is 1. The van der Waals surface area contributed by atoms with E-state index in [1.807, 2.05) is 31.2 Å². The average Bonchev–Trinajstić information content (AvgIpc) is 2.31. The molecule has 1 aromatic carbocycles. The first-order chi connectivity index (χ1) is 8.34. The van der Waals surface area contributed by atoms with Crippen LogP contribution in [0, 0.1) is 5.92 Å². The third-order valence-corrected chi connectivity index (χ3v) is 3.29. The number of hydrogen-bond acceptors (Lipinski definition) is 2. The quantitative estimate of drug-likeness (QED) is 0.877. The number of amides is 1. The number of nitrogens with one attached hydrogen (secondary N) is 1. The molecule has 0 fully saturated rings. The van der Waals surface area contributed by atoms with Crippen molar-refractivity contribution in [1.82, 2.24) is 5.32 Å². The molecule has 1 aromatic rings. The molecule has 0 saturated carbocycles. The van der Waals surface area contributed by atoms with Crippen LogP contribution < -0.4 is 5.32 Å². The number of hydrogen-bond donors (Lipinski definition) is 2. The molecule has 0 aromatic heterocycles. The van der Waals surface area contributed by atoms with Crippen molar-refractivity contribution in [3.63, 3.8) is 0 Å². The van der Waals surface area contributed by atoms with Crippen LogP contribution in [0.1, 0.15) is 26.3 Å². The van der Waals surface area contributed by atoms with Crippen molar-refractivity contribution >= 4 is 21.8 Å². The van der Waals surface area contributed by atoms with Crippen molar-refractivity contribution in [2.24, 2.45) is 5.92 Å². The van der Waals surface area contributed by atoms with Crippen LogP contribution in [-0.2, 0) is 11.2 Å². The first-order valence-corrected chi connectivity index (χ1v) is 6.81. The van der Waals surface area contributed by atoms with E-state index in [1.165, 1.54) is 0 Å². The molecule has 1 atom stereocenters. The molecule has 4 heteroatoms. The Morgan fingerprint density at radius 2 is 1.94 bits per heavy atom. The van der Waals surface area contributed by atoms with Gasteiger partial charge in [0.15, 0.2) is 0 Å².